The normalized spacial score (nSPS) is 10.5. The molecule has 0 fully saturated rings. The maximum atomic E-state index is 13.7. The van der Waals surface area contributed by atoms with Crippen molar-refractivity contribution in [1.29, 1.82) is 0 Å². The summed E-state index contributed by atoms with van der Waals surface area (Å²) in [7, 11) is 0. The first-order valence-electron chi connectivity index (χ1n) is 7.41. The van der Waals surface area contributed by atoms with Crippen molar-refractivity contribution in [3.63, 3.8) is 0 Å². The third-order valence-electron chi connectivity index (χ3n) is 3.23. The van der Waals surface area contributed by atoms with E-state index in [-0.39, 0.29) is 5.82 Å². The molecule has 122 valence electrons. The maximum Gasteiger partial charge on any atom is 0.225 e. The number of nitrogens with zero attached hydrogens (tertiary/aromatic N) is 3. The highest BCUT2D eigenvalue weighted by molar-refractivity contribution is 9.10. The van der Waals surface area contributed by atoms with Crippen LogP contribution in [0.5, 0.6) is 0 Å². The summed E-state index contributed by atoms with van der Waals surface area (Å²) >= 11 is 3.14. The molecule has 0 atom stereocenters. The highest BCUT2D eigenvalue weighted by Crippen LogP contribution is 2.25. The molecule has 2 aromatic heterocycles. The van der Waals surface area contributed by atoms with Crippen LogP contribution in [0.3, 0.4) is 0 Å². The van der Waals surface area contributed by atoms with E-state index in [0.29, 0.717) is 28.5 Å². The molecule has 5 nitrogen and oxygen atoms in total. The molecular formula is C17H15BrFN5. The summed E-state index contributed by atoms with van der Waals surface area (Å²) in [5, 5.41) is 6.22. The smallest absolute Gasteiger partial charge is 0.225 e. The predicted molar refractivity (Wildman–Crippen MR) is 96.8 cm³/mol. The van der Waals surface area contributed by atoms with Gasteiger partial charge >= 0.3 is 0 Å². The van der Waals surface area contributed by atoms with Gasteiger partial charge in [-0.15, -0.1) is 0 Å². The Morgan fingerprint density at radius 1 is 1.08 bits per heavy atom. The molecule has 0 bridgehead atoms. The summed E-state index contributed by atoms with van der Waals surface area (Å²) in [5.74, 6) is 0.747. The van der Waals surface area contributed by atoms with E-state index < -0.39 is 0 Å². The van der Waals surface area contributed by atoms with Crippen LogP contribution in [0.1, 0.15) is 6.92 Å². The summed E-state index contributed by atoms with van der Waals surface area (Å²) in [4.78, 5) is 12.9. The van der Waals surface area contributed by atoms with Crippen LogP contribution in [-0.4, -0.2) is 21.5 Å². The number of benzene rings is 1. The molecule has 0 unspecified atom stereocenters. The van der Waals surface area contributed by atoms with Gasteiger partial charge in [0, 0.05) is 36.3 Å². The molecule has 7 heteroatoms. The number of aromatic nitrogens is 3. The summed E-state index contributed by atoms with van der Waals surface area (Å²) in [6, 6.07) is 10.4. The summed E-state index contributed by atoms with van der Waals surface area (Å²) in [6.45, 7) is 2.67. The number of rotatable bonds is 5. The lowest BCUT2D eigenvalue weighted by molar-refractivity contribution is 0.622. The third-order valence-corrected chi connectivity index (χ3v) is 3.87. The molecule has 0 amide bonds. The molecule has 24 heavy (non-hydrogen) atoms. The Bertz CT molecular complexity index is 842. The predicted octanol–water partition coefficient (Wildman–Crippen LogP) is 4.62. The zero-order valence-corrected chi connectivity index (χ0v) is 14.5. The van der Waals surface area contributed by atoms with Gasteiger partial charge in [0.05, 0.1) is 10.2 Å². The zero-order valence-electron chi connectivity index (χ0n) is 12.9. The van der Waals surface area contributed by atoms with Crippen molar-refractivity contribution in [3.8, 4) is 11.3 Å². The molecule has 0 spiro atoms. The molecule has 2 heterocycles. The minimum Gasteiger partial charge on any atom is -0.354 e. The van der Waals surface area contributed by atoms with Crippen molar-refractivity contribution < 1.29 is 4.39 Å². The number of nitrogens with one attached hydrogen (secondary N) is 2. The van der Waals surface area contributed by atoms with Crippen LogP contribution in [0.4, 0.5) is 21.8 Å². The molecule has 0 saturated heterocycles. The molecule has 0 radical (unpaired) electrons. The fourth-order valence-corrected chi connectivity index (χ4v) is 2.39. The Morgan fingerprint density at radius 3 is 2.58 bits per heavy atom. The van der Waals surface area contributed by atoms with Crippen molar-refractivity contribution in [2.24, 2.45) is 0 Å². The monoisotopic (exact) mass is 387 g/mol. The molecule has 1 aromatic carbocycles. The third kappa shape index (κ3) is 3.86. The van der Waals surface area contributed by atoms with Crippen molar-refractivity contribution in [2.45, 2.75) is 6.92 Å². The van der Waals surface area contributed by atoms with Gasteiger partial charge in [0.25, 0.3) is 0 Å². The van der Waals surface area contributed by atoms with E-state index in [1.807, 2.05) is 25.1 Å². The molecule has 0 aliphatic heterocycles. The Labute approximate surface area is 147 Å². The first-order chi connectivity index (χ1) is 11.7. The average molecular weight is 388 g/mol. The van der Waals surface area contributed by atoms with E-state index in [9.17, 15) is 4.39 Å². The number of hydrogen-bond donors (Lipinski definition) is 2. The minimum atomic E-state index is -0.338. The van der Waals surface area contributed by atoms with E-state index in [0.717, 1.165) is 11.3 Å². The molecular weight excluding hydrogens is 373 g/mol. The Hall–Kier alpha value is -2.54. The van der Waals surface area contributed by atoms with Crippen LogP contribution in [0.15, 0.2) is 53.3 Å². The topological polar surface area (TPSA) is 62.7 Å². The van der Waals surface area contributed by atoms with Crippen LogP contribution in [-0.2, 0) is 0 Å². The van der Waals surface area contributed by atoms with Gasteiger partial charge in [0.2, 0.25) is 5.95 Å². The van der Waals surface area contributed by atoms with Gasteiger partial charge in [-0.25, -0.2) is 9.37 Å². The van der Waals surface area contributed by atoms with Gasteiger partial charge in [-0.3, -0.25) is 4.98 Å². The Morgan fingerprint density at radius 2 is 1.88 bits per heavy atom. The lowest BCUT2D eigenvalue weighted by Crippen LogP contribution is -2.05. The Kier molecular flexibility index (Phi) is 5.00. The number of halogens is 2. The van der Waals surface area contributed by atoms with Crippen molar-refractivity contribution in [1.82, 2.24) is 15.0 Å². The largest absolute Gasteiger partial charge is 0.354 e. The van der Waals surface area contributed by atoms with Crippen LogP contribution in [0.25, 0.3) is 11.3 Å². The fourth-order valence-electron chi connectivity index (χ4n) is 2.14. The lowest BCUT2D eigenvalue weighted by Gasteiger charge is -2.11. The van der Waals surface area contributed by atoms with Gasteiger partial charge in [-0.05, 0) is 53.2 Å². The second kappa shape index (κ2) is 7.35. The van der Waals surface area contributed by atoms with Crippen molar-refractivity contribution in [3.05, 3.63) is 59.1 Å². The van der Waals surface area contributed by atoms with Gasteiger partial charge < -0.3 is 10.6 Å². The first kappa shape index (κ1) is 16.3. The van der Waals surface area contributed by atoms with Crippen molar-refractivity contribution >= 4 is 33.4 Å². The van der Waals surface area contributed by atoms with E-state index in [1.165, 1.54) is 6.07 Å². The Balaban J connectivity index is 1.97. The highest BCUT2D eigenvalue weighted by Gasteiger charge is 2.08. The van der Waals surface area contributed by atoms with Gasteiger partial charge in [0.1, 0.15) is 11.6 Å². The van der Waals surface area contributed by atoms with Crippen LogP contribution in [0.2, 0.25) is 0 Å². The minimum absolute atomic E-state index is 0.338. The summed E-state index contributed by atoms with van der Waals surface area (Å²) in [5.41, 5.74) is 2.29. The lowest BCUT2D eigenvalue weighted by atomic mass is 10.2. The summed E-state index contributed by atoms with van der Waals surface area (Å²) in [6.07, 6.45) is 3.42. The SMILES string of the molecule is CCNc1nc(Nc2ccc(Br)c(F)c2)cc(-c2ccncc2)n1. The summed E-state index contributed by atoms with van der Waals surface area (Å²) < 4.78 is 14.1. The highest BCUT2D eigenvalue weighted by atomic mass is 79.9. The molecule has 3 rings (SSSR count). The van der Waals surface area contributed by atoms with Gasteiger partial charge in [0.15, 0.2) is 0 Å². The van der Waals surface area contributed by atoms with Gasteiger partial charge in [-0.2, -0.15) is 4.98 Å². The van der Waals surface area contributed by atoms with E-state index in [2.05, 4.69) is 41.5 Å². The van der Waals surface area contributed by atoms with Gasteiger partial charge in [-0.1, -0.05) is 0 Å². The zero-order chi connectivity index (χ0) is 16.9. The van der Waals surface area contributed by atoms with Crippen LogP contribution >= 0.6 is 15.9 Å². The second-order valence-electron chi connectivity index (χ2n) is 4.98. The second-order valence-corrected chi connectivity index (χ2v) is 5.84. The quantitative estimate of drug-likeness (QED) is 0.668. The molecule has 0 aliphatic rings. The first-order valence-corrected chi connectivity index (χ1v) is 8.20. The standard InChI is InChI=1S/C17H15BrFN5/c1-2-21-17-23-15(11-5-7-20-8-6-11)10-16(24-17)22-12-3-4-13(18)14(19)9-12/h3-10H,2H2,1H3,(H2,21,22,23,24). The number of anilines is 3. The number of pyridine rings is 1. The van der Waals surface area contributed by atoms with Crippen molar-refractivity contribution in [2.75, 3.05) is 17.2 Å². The van der Waals surface area contributed by atoms with E-state index in [4.69, 9.17) is 0 Å². The molecule has 0 aliphatic carbocycles. The average Bonchev–Trinajstić information content (AvgIpc) is 2.59. The van der Waals surface area contributed by atoms with Crippen LogP contribution < -0.4 is 10.6 Å². The molecule has 0 saturated carbocycles. The molecule has 2 N–H and O–H groups in total. The van der Waals surface area contributed by atoms with E-state index >= 15 is 0 Å². The fraction of sp³-hybridized carbons (Fsp3) is 0.118. The van der Waals surface area contributed by atoms with Crippen LogP contribution in [0, 0.1) is 5.82 Å². The molecule has 3 aromatic rings. The number of hydrogen-bond acceptors (Lipinski definition) is 5. The van der Waals surface area contributed by atoms with E-state index in [1.54, 1.807) is 24.5 Å². The maximum absolute atomic E-state index is 13.7.